The van der Waals surface area contributed by atoms with Crippen LogP contribution in [0.2, 0.25) is 0 Å². The van der Waals surface area contributed by atoms with Crippen LogP contribution in [0.25, 0.3) is 0 Å². The molecule has 2 unspecified atom stereocenters. The van der Waals surface area contributed by atoms with E-state index in [9.17, 15) is 5.11 Å². The van der Waals surface area contributed by atoms with Gasteiger partial charge in [-0.1, -0.05) is 26.3 Å². The average Bonchev–Trinajstić information content (AvgIpc) is 3.01. The third kappa shape index (κ3) is 4.42. The molecule has 1 aliphatic heterocycles. The fourth-order valence-corrected chi connectivity index (χ4v) is 2.73. The fourth-order valence-electron chi connectivity index (χ4n) is 2.73. The zero-order chi connectivity index (χ0) is 15.3. The van der Waals surface area contributed by atoms with E-state index in [-0.39, 0.29) is 0 Å². The summed E-state index contributed by atoms with van der Waals surface area (Å²) in [5.74, 6) is 1.38. The highest BCUT2D eigenvalue weighted by molar-refractivity contribution is 5.40. The van der Waals surface area contributed by atoms with Gasteiger partial charge in [-0.3, -0.25) is 0 Å². The molecule has 0 bridgehead atoms. The first-order chi connectivity index (χ1) is 10.0. The molecule has 1 aromatic heterocycles. The molecule has 2 atom stereocenters. The van der Waals surface area contributed by atoms with E-state index in [1.165, 1.54) is 12.8 Å². The van der Waals surface area contributed by atoms with Gasteiger partial charge in [0.05, 0.1) is 5.60 Å². The third-order valence-electron chi connectivity index (χ3n) is 4.73. The fraction of sp³-hybridized carbons (Fsp3) is 0.706. The van der Waals surface area contributed by atoms with Gasteiger partial charge in [0, 0.05) is 32.4 Å². The number of pyridine rings is 1. The second kappa shape index (κ2) is 7.23. The van der Waals surface area contributed by atoms with Crippen molar-refractivity contribution < 1.29 is 5.11 Å². The van der Waals surface area contributed by atoms with Crippen LogP contribution in [0, 0.1) is 5.92 Å². The highest BCUT2D eigenvalue weighted by Gasteiger charge is 2.26. The SMILES string of the molecule is CCC(C)C(C)(O)CNCc1ccc(N2CCCC2)nc1. The maximum absolute atomic E-state index is 10.4. The lowest BCUT2D eigenvalue weighted by atomic mass is 9.88. The highest BCUT2D eigenvalue weighted by atomic mass is 16.3. The molecule has 2 heterocycles. The van der Waals surface area contributed by atoms with Gasteiger partial charge in [-0.2, -0.15) is 0 Å². The van der Waals surface area contributed by atoms with E-state index in [1.807, 2.05) is 13.1 Å². The number of hydrogen-bond acceptors (Lipinski definition) is 4. The normalized spacial score (nSPS) is 19.5. The van der Waals surface area contributed by atoms with Crippen LogP contribution in [0.3, 0.4) is 0 Å². The molecule has 0 aromatic carbocycles. The molecule has 118 valence electrons. The summed E-state index contributed by atoms with van der Waals surface area (Å²) in [6, 6.07) is 4.24. The van der Waals surface area contributed by atoms with E-state index >= 15 is 0 Å². The van der Waals surface area contributed by atoms with Gasteiger partial charge in [0.15, 0.2) is 0 Å². The quantitative estimate of drug-likeness (QED) is 0.810. The number of nitrogens with zero attached hydrogens (tertiary/aromatic N) is 2. The highest BCUT2D eigenvalue weighted by Crippen LogP contribution is 2.19. The first-order valence-electron chi connectivity index (χ1n) is 8.16. The first kappa shape index (κ1) is 16.2. The van der Waals surface area contributed by atoms with E-state index in [4.69, 9.17) is 0 Å². The molecule has 0 radical (unpaired) electrons. The Morgan fingerprint density at radius 2 is 2.10 bits per heavy atom. The average molecular weight is 291 g/mol. The molecule has 1 saturated heterocycles. The molecule has 1 aromatic rings. The van der Waals surface area contributed by atoms with Crippen LogP contribution in [0.5, 0.6) is 0 Å². The van der Waals surface area contributed by atoms with Gasteiger partial charge < -0.3 is 15.3 Å². The van der Waals surface area contributed by atoms with Crippen LogP contribution >= 0.6 is 0 Å². The number of nitrogens with one attached hydrogen (secondary N) is 1. The van der Waals surface area contributed by atoms with Crippen molar-refractivity contribution in [3.05, 3.63) is 23.9 Å². The second-order valence-electron chi connectivity index (χ2n) is 6.49. The van der Waals surface area contributed by atoms with Crippen molar-refractivity contribution in [3.8, 4) is 0 Å². The van der Waals surface area contributed by atoms with Gasteiger partial charge in [-0.05, 0) is 37.3 Å². The molecule has 21 heavy (non-hydrogen) atoms. The van der Waals surface area contributed by atoms with Gasteiger partial charge >= 0.3 is 0 Å². The Hall–Kier alpha value is -1.13. The minimum absolute atomic E-state index is 0.292. The van der Waals surface area contributed by atoms with Gasteiger partial charge in [-0.15, -0.1) is 0 Å². The number of hydrogen-bond donors (Lipinski definition) is 2. The zero-order valence-corrected chi connectivity index (χ0v) is 13.6. The summed E-state index contributed by atoms with van der Waals surface area (Å²) >= 11 is 0. The lowest BCUT2D eigenvalue weighted by Gasteiger charge is -2.30. The van der Waals surface area contributed by atoms with Crippen LogP contribution in [-0.4, -0.2) is 35.3 Å². The van der Waals surface area contributed by atoms with E-state index in [1.54, 1.807) is 0 Å². The van der Waals surface area contributed by atoms with Crippen molar-refractivity contribution in [2.45, 2.75) is 52.2 Å². The second-order valence-corrected chi connectivity index (χ2v) is 6.49. The summed E-state index contributed by atoms with van der Waals surface area (Å²) in [5, 5.41) is 13.7. The maximum atomic E-state index is 10.4. The molecule has 2 N–H and O–H groups in total. The predicted octanol–water partition coefficient (Wildman–Crippen LogP) is 2.57. The Bertz CT molecular complexity index is 424. The number of anilines is 1. The maximum Gasteiger partial charge on any atom is 0.128 e. The number of aliphatic hydroxyl groups is 1. The molecule has 0 aliphatic carbocycles. The largest absolute Gasteiger partial charge is 0.389 e. The van der Waals surface area contributed by atoms with Crippen LogP contribution in [-0.2, 0) is 6.54 Å². The van der Waals surface area contributed by atoms with Crippen molar-refractivity contribution in [2.24, 2.45) is 5.92 Å². The van der Waals surface area contributed by atoms with Crippen molar-refractivity contribution in [1.82, 2.24) is 10.3 Å². The molecule has 0 amide bonds. The Labute approximate surface area is 128 Å². The summed E-state index contributed by atoms with van der Waals surface area (Å²) in [7, 11) is 0. The van der Waals surface area contributed by atoms with E-state index in [0.717, 1.165) is 37.4 Å². The molecular formula is C17H29N3O. The zero-order valence-electron chi connectivity index (χ0n) is 13.6. The van der Waals surface area contributed by atoms with Crippen LogP contribution in [0.1, 0.15) is 45.6 Å². The summed E-state index contributed by atoms with van der Waals surface area (Å²) in [6.07, 6.45) is 5.48. The van der Waals surface area contributed by atoms with Crippen molar-refractivity contribution in [2.75, 3.05) is 24.5 Å². The van der Waals surface area contributed by atoms with Gasteiger partial charge in [0.25, 0.3) is 0 Å². The molecule has 2 rings (SSSR count). The summed E-state index contributed by atoms with van der Waals surface area (Å²) in [5.41, 5.74) is 0.510. The topological polar surface area (TPSA) is 48.4 Å². The van der Waals surface area contributed by atoms with E-state index in [0.29, 0.717) is 12.5 Å². The van der Waals surface area contributed by atoms with Crippen LogP contribution < -0.4 is 10.2 Å². The molecule has 4 heteroatoms. The standard InChI is InChI=1S/C17H29N3O/c1-4-14(2)17(3,21)13-18-11-15-7-8-16(19-12-15)20-9-5-6-10-20/h7-8,12,14,18,21H,4-6,9-11,13H2,1-3H3. The van der Waals surface area contributed by atoms with Crippen LogP contribution in [0.4, 0.5) is 5.82 Å². The Balaban J connectivity index is 1.81. The van der Waals surface area contributed by atoms with Gasteiger partial charge in [0.2, 0.25) is 0 Å². The molecule has 0 spiro atoms. The minimum atomic E-state index is -0.655. The number of aromatic nitrogens is 1. The lowest BCUT2D eigenvalue weighted by Crippen LogP contribution is -2.42. The van der Waals surface area contributed by atoms with Crippen LogP contribution in [0.15, 0.2) is 18.3 Å². The molecule has 1 aliphatic rings. The Kier molecular flexibility index (Phi) is 5.59. The summed E-state index contributed by atoms with van der Waals surface area (Å²) < 4.78 is 0. The summed E-state index contributed by atoms with van der Waals surface area (Å²) in [6.45, 7) is 9.72. The Morgan fingerprint density at radius 3 is 2.67 bits per heavy atom. The molecule has 1 fully saturated rings. The monoisotopic (exact) mass is 291 g/mol. The molecule has 4 nitrogen and oxygen atoms in total. The van der Waals surface area contributed by atoms with Gasteiger partial charge in [-0.25, -0.2) is 4.98 Å². The Morgan fingerprint density at radius 1 is 1.38 bits per heavy atom. The summed E-state index contributed by atoms with van der Waals surface area (Å²) in [4.78, 5) is 6.89. The van der Waals surface area contributed by atoms with Gasteiger partial charge in [0.1, 0.15) is 5.82 Å². The van der Waals surface area contributed by atoms with Crippen molar-refractivity contribution >= 4 is 5.82 Å². The van der Waals surface area contributed by atoms with Crippen molar-refractivity contribution in [3.63, 3.8) is 0 Å². The molecule has 0 saturated carbocycles. The third-order valence-corrected chi connectivity index (χ3v) is 4.73. The predicted molar refractivity (Wildman–Crippen MR) is 87.5 cm³/mol. The van der Waals surface area contributed by atoms with E-state index < -0.39 is 5.60 Å². The smallest absolute Gasteiger partial charge is 0.128 e. The first-order valence-corrected chi connectivity index (χ1v) is 8.16. The molecular weight excluding hydrogens is 262 g/mol. The van der Waals surface area contributed by atoms with E-state index in [2.05, 4.69) is 41.2 Å². The minimum Gasteiger partial charge on any atom is -0.389 e. The van der Waals surface area contributed by atoms with Crippen molar-refractivity contribution in [1.29, 1.82) is 0 Å². The number of rotatable bonds is 7. The lowest BCUT2D eigenvalue weighted by molar-refractivity contribution is 0.00534.